The molecule has 0 unspecified atom stereocenters. The molecule has 1 aliphatic rings. The van der Waals surface area contributed by atoms with Crippen LogP contribution in [0, 0.1) is 11.4 Å². The third-order valence-corrected chi connectivity index (χ3v) is 2.83. The molecule has 5 heteroatoms. The van der Waals surface area contributed by atoms with Crippen LogP contribution in [0.5, 0.6) is 0 Å². The Hall–Kier alpha value is -1.49. The highest BCUT2D eigenvalue weighted by atomic mass is 32.2. The molecule has 0 atom stereocenters. The van der Waals surface area contributed by atoms with Gasteiger partial charge in [0.2, 0.25) is 5.95 Å². The van der Waals surface area contributed by atoms with Gasteiger partial charge in [0, 0.05) is 11.8 Å². The molecule has 0 aromatic carbocycles. The van der Waals surface area contributed by atoms with Gasteiger partial charge >= 0.3 is 0 Å². The SMILES string of the molecule is C/C=C1/N=C(c2ccc(F)nc2)SC1=N. The zero-order chi connectivity index (χ0) is 10.8. The summed E-state index contributed by atoms with van der Waals surface area (Å²) in [4.78, 5) is 7.79. The minimum Gasteiger partial charge on any atom is -0.292 e. The summed E-state index contributed by atoms with van der Waals surface area (Å²) >= 11 is 1.26. The van der Waals surface area contributed by atoms with Crippen LogP contribution in [0.4, 0.5) is 4.39 Å². The number of nitrogens with one attached hydrogen (secondary N) is 1. The van der Waals surface area contributed by atoms with Crippen LogP contribution in [0.25, 0.3) is 0 Å². The first-order valence-corrected chi connectivity index (χ1v) is 5.16. The van der Waals surface area contributed by atoms with E-state index in [0.29, 0.717) is 15.8 Å². The Bertz CT molecular complexity index is 462. The molecule has 15 heavy (non-hydrogen) atoms. The minimum absolute atomic E-state index is 0.414. The monoisotopic (exact) mass is 221 g/mol. The maximum atomic E-state index is 12.6. The molecule has 0 amide bonds. The van der Waals surface area contributed by atoms with Gasteiger partial charge in [-0.1, -0.05) is 6.08 Å². The van der Waals surface area contributed by atoms with E-state index in [1.807, 2.05) is 6.92 Å². The van der Waals surface area contributed by atoms with Crippen molar-refractivity contribution in [3.05, 3.63) is 41.6 Å². The summed E-state index contributed by atoms with van der Waals surface area (Å²) in [7, 11) is 0. The van der Waals surface area contributed by atoms with Crippen LogP contribution >= 0.6 is 11.8 Å². The van der Waals surface area contributed by atoms with Crippen LogP contribution < -0.4 is 0 Å². The third kappa shape index (κ3) is 1.97. The van der Waals surface area contributed by atoms with E-state index in [1.54, 1.807) is 12.1 Å². The van der Waals surface area contributed by atoms with Crippen molar-refractivity contribution < 1.29 is 4.39 Å². The van der Waals surface area contributed by atoms with Crippen molar-refractivity contribution in [1.29, 1.82) is 5.41 Å². The van der Waals surface area contributed by atoms with Crippen LogP contribution in [-0.2, 0) is 0 Å². The number of nitrogens with zero attached hydrogens (tertiary/aromatic N) is 2. The van der Waals surface area contributed by atoms with E-state index in [0.717, 1.165) is 5.56 Å². The molecule has 0 saturated heterocycles. The Kier molecular flexibility index (Phi) is 2.64. The normalized spacial score (nSPS) is 18.4. The van der Waals surface area contributed by atoms with Gasteiger partial charge in [-0.25, -0.2) is 9.98 Å². The number of halogens is 1. The summed E-state index contributed by atoms with van der Waals surface area (Å²) < 4.78 is 12.6. The molecule has 0 saturated carbocycles. The molecule has 76 valence electrons. The Morgan fingerprint density at radius 1 is 1.47 bits per heavy atom. The van der Waals surface area contributed by atoms with Crippen LogP contribution in [0.3, 0.4) is 0 Å². The molecule has 2 heterocycles. The molecule has 0 spiro atoms. The molecule has 1 N–H and O–H groups in total. The second-order valence-electron chi connectivity index (χ2n) is 2.89. The minimum atomic E-state index is -0.510. The average molecular weight is 221 g/mol. The first-order valence-electron chi connectivity index (χ1n) is 4.34. The van der Waals surface area contributed by atoms with E-state index >= 15 is 0 Å². The fourth-order valence-electron chi connectivity index (χ4n) is 1.15. The van der Waals surface area contributed by atoms with Crippen LogP contribution in [0.2, 0.25) is 0 Å². The van der Waals surface area contributed by atoms with Crippen LogP contribution in [0.15, 0.2) is 35.1 Å². The highest BCUT2D eigenvalue weighted by Crippen LogP contribution is 2.27. The number of aliphatic imine (C=N–C) groups is 1. The predicted octanol–water partition coefficient (Wildman–Crippen LogP) is 2.60. The van der Waals surface area contributed by atoms with Gasteiger partial charge in [0.25, 0.3) is 0 Å². The number of rotatable bonds is 1. The number of hydrogen-bond acceptors (Lipinski definition) is 4. The second-order valence-corrected chi connectivity index (χ2v) is 3.89. The van der Waals surface area contributed by atoms with Gasteiger partial charge in [-0.05, 0) is 30.8 Å². The van der Waals surface area contributed by atoms with E-state index < -0.39 is 5.95 Å². The van der Waals surface area contributed by atoms with Gasteiger partial charge in [0.15, 0.2) is 0 Å². The molecule has 1 aromatic heterocycles. The molecule has 2 rings (SSSR count). The zero-order valence-electron chi connectivity index (χ0n) is 7.99. The predicted molar refractivity (Wildman–Crippen MR) is 59.8 cm³/mol. The van der Waals surface area contributed by atoms with Crippen molar-refractivity contribution in [3.8, 4) is 0 Å². The summed E-state index contributed by atoms with van der Waals surface area (Å²) in [5, 5.41) is 8.72. The van der Waals surface area contributed by atoms with Crippen molar-refractivity contribution >= 4 is 21.8 Å². The van der Waals surface area contributed by atoms with E-state index in [-0.39, 0.29) is 0 Å². The lowest BCUT2D eigenvalue weighted by atomic mass is 10.3. The standard InChI is InChI=1S/C10H8FN3S/c1-2-7-9(12)15-10(14-7)6-3-4-8(11)13-5-6/h2-5,12H,1H3/b7-2+,12-9?. The summed E-state index contributed by atoms with van der Waals surface area (Å²) in [6, 6.07) is 2.90. The van der Waals surface area contributed by atoms with Crippen molar-refractivity contribution in [2.24, 2.45) is 4.99 Å². The number of thioether (sulfide) groups is 1. The lowest BCUT2D eigenvalue weighted by Gasteiger charge is -1.96. The number of hydrogen-bond donors (Lipinski definition) is 1. The Balaban J connectivity index is 2.34. The maximum Gasteiger partial charge on any atom is 0.212 e. The van der Waals surface area contributed by atoms with Gasteiger partial charge in [-0.15, -0.1) is 0 Å². The summed E-state index contributed by atoms with van der Waals surface area (Å²) in [5.74, 6) is -0.510. The molecular weight excluding hydrogens is 213 g/mol. The van der Waals surface area contributed by atoms with E-state index in [9.17, 15) is 4.39 Å². The Morgan fingerprint density at radius 2 is 2.27 bits per heavy atom. The molecule has 0 fully saturated rings. The molecule has 1 aliphatic heterocycles. The fourth-order valence-corrected chi connectivity index (χ4v) is 2.00. The number of aromatic nitrogens is 1. The molecule has 0 bridgehead atoms. The summed E-state index contributed by atoms with van der Waals surface area (Å²) in [6.45, 7) is 1.83. The second kappa shape index (κ2) is 3.94. The Morgan fingerprint density at radius 3 is 2.80 bits per heavy atom. The largest absolute Gasteiger partial charge is 0.292 e. The van der Waals surface area contributed by atoms with Gasteiger partial charge in [-0.2, -0.15) is 4.39 Å². The molecule has 3 nitrogen and oxygen atoms in total. The molecular formula is C10H8FN3S. The van der Waals surface area contributed by atoms with E-state index in [1.165, 1.54) is 24.0 Å². The van der Waals surface area contributed by atoms with Crippen molar-refractivity contribution in [3.63, 3.8) is 0 Å². The van der Waals surface area contributed by atoms with Crippen molar-refractivity contribution in [1.82, 2.24) is 4.98 Å². The van der Waals surface area contributed by atoms with Crippen molar-refractivity contribution in [2.45, 2.75) is 6.92 Å². The maximum absolute atomic E-state index is 12.6. The molecule has 0 radical (unpaired) electrons. The van der Waals surface area contributed by atoms with Crippen LogP contribution in [0.1, 0.15) is 12.5 Å². The summed E-state index contributed by atoms with van der Waals surface area (Å²) in [6.07, 6.45) is 3.20. The topological polar surface area (TPSA) is 49.1 Å². The van der Waals surface area contributed by atoms with Crippen LogP contribution in [-0.4, -0.2) is 15.1 Å². The molecule has 0 aliphatic carbocycles. The first-order chi connectivity index (χ1) is 7.20. The summed E-state index contributed by atoms with van der Waals surface area (Å²) in [5.41, 5.74) is 1.39. The van der Waals surface area contributed by atoms with Gasteiger partial charge < -0.3 is 0 Å². The zero-order valence-corrected chi connectivity index (χ0v) is 8.81. The number of pyridine rings is 1. The highest BCUT2D eigenvalue weighted by Gasteiger charge is 2.19. The van der Waals surface area contributed by atoms with Gasteiger partial charge in [0.1, 0.15) is 10.1 Å². The average Bonchev–Trinajstić information content (AvgIpc) is 2.61. The molecule has 1 aromatic rings. The lowest BCUT2D eigenvalue weighted by molar-refractivity contribution is 0.583. The van der Waals surface area contributed by atoms with E-state index in [4.69, 9.17) is 5.41 Å². The Labute approximate surface area is 90.6 Å². The third-order valence-electron chi connectivity index (χ3n) is 1.90. The smallest absolute Gasteiger partial charge is 0.212 e. The quantitative estimate of drug-likeness (QED) is 0.741. The fraction of sp³-hybridized carbons (Fsp3) is 0.100. The van der Waals surface area contributed by atoms with Gasteiger partial charge in [-0.3, -0.25) is 5.41 Å². The number of allylic oxidation sites excluding steroid dienone is 1. The van der Waals surface area contributed by atoms with Crippen molar-refractivity contribution in [2.75, 3.05) is 0 Å². The first kappa shape index (κ1) is 10.0. The van der Waals surface area contributed by atoms with E-state index in [2.05, 4.69) is 9.98 Å². The lowest BCUT2D eigenvalue weighted by Crippen LogP contribution is -1.94. The highest BCUT2D eigenvalue weighted by molar-refractivity contribution is 8.27. The van der Waals surface area contributed by atoms with Gasteiger partial charge in [0.05, 0.1) is 5.70 Å².